The van der Waals surface area contributed by atoms with Gasteiger partial charge in [0.1, 0.15) is 11.5 Å². The maximum atomic E-state index is 12.7. The van der Waals surface area contributed by atoms with Crippen LogP contribution in [-0.4, -0.2) is 43.7 Å². The van der Waals surface area contributed by atoms with Crippen LogP contribution in [0.25, 0.3) is 11.1 Å². The van der Waals surface area contributed by atoms with Crippen molar-refractivity contribution in [1.82, 2.24) is 4.90 Å². The van der Waals surface area contributed by atoms with Crippen LogP contribution in [0.15, 0.2) is 42.5 Å². The minimum atomic E-state index is -0.520. The van der Waals surface area contributed by atoms with Gasteiger partial charge in [-0.3, -0.25) is 4.79 Å². The molecule has 0 aromatic heterocycles. The molecule has 1 saturated carbocycles. The molecule has 2 N–H and O–H groups in total. The lowest BCUT2D eigenvalue weighted by molar-refractivity contribution is -0.130. The molecule has 1 aliphatic carbocycles. The maximum absolute atomic E-state index is 12.7. The summed E-state index contributed by atoms with van der Waals surface area (Å²) in [6, 6.07) is 14.8. The summed E-state index contributed by atoms with van der Waals surface area (Å²) in [6.07, 6.45) is 4.27. The maximum Gasteiger partial charge on any atom is 0.223 e. The first-order chi connectivity index (χ1) is 15.5. The summed E-state index contributed by atoms with van der Waals surface area (Å²) in [7, 11) is 1.67. The standard InChI is InChI=1S/C27H38N2O3.ClH/c1-5-29(6-2)23-14-16-27(17-15-23,26(28)30)19-22-18-21(10-13-25(22)32-7-3)20-8-11-24(31-4)12-9-20;/h8-13,18,23H,5-7,14-17,19H2,1-4H3,(H2,28,30);1H. The average Bonchev–Trinajstić information content (AvgIpc) is 2.82. The molecule has 0 saturated heterocycles. The molecule has 1 fully saturated rings. The van der Waals surface area contributed by atoms with Gasteiger partial charge in [0.25, 0.3) is 0 Å². The molecular weight excluding hydrogens is 436 g/mol. The number of hydrogen-bond donors (Lipinski definition) is 1. The molecule has 0 aliphatic heterocycles. The van der Waals surface area contributed by atoms with Gasteiger partial charge in [-0.2, -0.15) is 0 Å². The minimum absolute atomic E-state index is 0. The highest BCUT2D eigenvalue weighted by molar-refractivity contribution is 5.85. The third kappa shape index (κ3) is 6.21. The van der Waals surface area contributed by atoms with E-state index in [0.717, 1.165) is 67.0 Å². The number of nitrogens with zero attached hydrogens (tertiary/aromatic N) is 1. The Morgan fingerprint density at radius 3 is 2.15 bits per heavy atom. The van der Waals surface area contributed by atoms with E-state index in [2.05, 4.69) is 43.0 Å². The molecule has 33 heavy (non-hydrogen) atoms. The van der Waals surface area contributed by atoms with E-state index in [1.54, 1.807) is 7.11 Å². The number of primary amides is 1. The Balaban J connectivity index is 0.00000385. The monoisotopic (exact) mass is 474 g/mol. The quantitative estimate of drug-likeness (QED) is 0.495. The van der Waals surface area contributed by atoms with Crippen molar-refractivity contribution < 1.29 is 14.3 Å². The first-order valence-corrected chi connectivity index (χ1v) is 11.9. The fourth-order valence-corrected chi connectivity index (χ4v) is 5.11. The summed E-state index contributed by atoms with van der Waals surface area (Å²) in [5.41, 5.74) is 8.78. The van der Waals surface area contributed by atoms with E-state index < -0.39 is 5.41 Å². The van der Waals surface area contributed by atoms with E-state index in [1.807, 2.05) is 25.1 Å². The van der Waals surface area contributed by atoms with Crippen LogP contribution >= 0.6 is 12.4 Å². The summed E-state index contributed by atoms with van der Waals surface area (Å²) in [4.78, 5) is 15.2. The van der Waals surface area contributed by atoms with Crippen LogP contribution in [0.2, 0.25) is 0 Å². The first-order valence-electron chi connectivity index (χ1n) is 11.9. The number of carbonyl (C=O) groups excluding carboxylic acids is 1. The number of halogens is 1. The Labute approximate surface area is 205 Å². The molecule has 6 heteroatoms. The molecule has 5 nitrogen and oxygen atoms in total. The zero-order chi connectivity index (χ0) is 23.1. The highest BCUT2D eigenvalue weighted by Crippen LogP contribution is 2.43. The Hall–Kier alpha value is -2.24. The number of rotatable bonds is 10. The van der Waals surface area contributed by atoms with Crippen molar-refractivity contribution in [1.29, 1.82) is 0 Å². The van der Waals surface area contributed by atoms with E-state index >= 15 is 0 Å². The van der Waals surface area contributed by atoms with Crippen molar-refractivity contribution in [2.24, 2.45) is 11.1 Å². The van der Waals surface area contributed by atoms with E-state index in [0.29, 0.717) is 19.1 Å². The average molecular weight is 475 g/mol. The number of ether oxygens (including phenoxy) is 2. The molecule has 0 unspecified atom stereocenters. The first kappa shape index (κ1) is 27.0. The molecule has 1 amide bonds. The summed E-state index contributed by atoms with van der Waals surface area (Å²) < 4.78 is 11.2. The molecule has 2 aromatic carbocycles. The molecule has 0 spiro atoms. The normalized spacial score (nSPS) is 20.2. The summed E-state index contributed by atoms with van der Waals surface area (Å²) in [5.74, 6) is 1.49. The molecule has 3 rings (SSSR count). The number of benzene rings is 2. The van der Waals surface area contributed by atoms with E-state index in [-0.39, 0.29) is 18.3 Å². The second kappa shape index (κ2) is 12.3. The smallest absolute Gasteiger partial charge is 0.223 e. The SMILES string of the molecule is CCOc1ccc(-c2ccc(OC)cc2)cc1CC1(C(N)=O)CCC(N(CC)CC)CC1.Cl. The summed E-state index contributed by atoms with van der Waals surface area (Å²) in [5, 5.41) is 0. The Kier molecular flexibility index (Phi) is 10.1. The molecule has 182 valence electrons. The van der Waals surface area contributed by atoms with Crippen molar-refractivity contribution in [3.8, 4) is 22.6 Å². The predicted octanol–water partition coefficient (Wildman–Crippen LogP) is 5.48. The van der Waals surface area contributed by atoms with Gasteiger partial charge in [-0.05, 0) is 93.1 Å². The molecular formula is C27H39ClN2O3. The molecule has 2 aromatic rings. The van der Waals surface area contributed by atoms with Crippen LogP contribution in [0, 0.1) is 5.41 Å². The van der Waals surface area contributed by atoms with Gasteiger partial charge >= 0.3 is 0 Å². The number of amides is 1. The number of carbonyl (C=O) groups is 1. The van der Waals surface area contributed by atoms with Gasteiger partial charge < -0.3 is 20.1 Å². The zero-order valence-electron chi connectivity index (χ0n) is 20.4. The Morgan fingerprint density at radius 2 is 1.64 bits per heavy atom. The highest BCUT2D eigenvalue weighted by Gasteiger charge is 2.42. The van der Waals surface area contributed by atoms with Crippen molar-refractivity contribution in [3.63, 3.8) is 0 Å². The predicted molar refractivity (Wildman–Crippen MR) is 137 cm³/mol. The lowest BCUT2D eigenvalue weighted by Gasteiger charge is -2.41. The lowest BCUT2D eigenvalue weighted by atomic mass is 9.68. The van der Waals surface area contributed by atoms with Crippen LogP contribution in [0.5, 0.6) is 11.5 Å². The molecule has 0 bridgehead atoms. The van der Waals surface area contributed by atoms with Gasteiger partial charge in [-0.1, -0.05) is 32.0 Å². The molecule has 0 heterocycles. The fourth-order valence-electron chi connectivity index (χ4n) is 5.11. The largest absolute Gasteiger partial charge is 0.497 e. The van der Waals surface area contributed by atoms with Gasteiger partial charge in [-0.25, -0.2) is 0 Å². The lowest BCUT2D eigenvalue weighted by Crippen LogP contribution is -2.47. The van der Waals surface area contributed by atoms with Crippen molar-refractivity contribution >= 4 is 18.3 Å². The fraction of sp³-hybridized carbons (Fsp3) is 0.519. The van der Waals surface area contributed by atoms with Crippen molar-refractivity contribution in [3.05, 3.63) is 48.0 Å². The molecule has 0 radical (unpaired) electrons. The summed E-state index contributed by atoms with van der Waals surface area (Å²) >= 11 is 0. The van der Waals surface area contributed by atoms with Crippen LogP contribution in [0.4, 0.5) is 0 Å². The van der Waals surface area contributed by atoms with Gasteiger partial charge in [0.05, 0.1) is 19.1 Å². The van der Waals surface area contributed by atoms with Crippen LogP contribution < -0.4 is 15.2 Å². The third-order valence-corrected chi connectivity index (χ3v) is 7.08. The topological polar surface area (TPSA) is 64.8 Å². The summed E-state index contributed by atoms with van der Waals surface area (Å²) in [6.45, 7) is 9.08. The molecule has 1 aliphatic rings. The minimum Gasteiger partial charge on any atom is -0.497 e. The third-order valence-electron chi connectivity index (χ3n) is 7.08. The van der Waals surface area contributed by atoms with Gasteiger partial charge in [0.2, 0.25) is 5.91 Å². The van der Waals surface area contributed by atoms with Gasteiger partial charge in [0.15, 0.2) is 0 Å². The Bertz CT molecular complexity index is 889. The van der Waals surface area contributed by atoms with Crippen LogP contribution in [0.3, 0.4) is 0 Å². The number of hydrogen-bond acceptors (Lipinski definition) is 4. The van der Waals surface area contributed by atoms with E-state index in [9.17, 15) is 4.79 Å². The Morgan fingerprint density at radius 1 is 1.03 bits per heavy atom. The van der Waals surface area contributed by atoms with E-state index in [4.69, 9.17) is 15.2 Å². The number of methoxy groups -OCH3 is 1. The highest BCUT2D eigenvalue weighted by atomic mass is 35.5. The van der Waals surface area contributed by atoms with Crippen LogP contribution in [-0.2, 0) is 11.2 Å². The second-order valence-corrected chi connectivity index (χ2v) is 8.76. The van der Waals surface area contributed by atoms with Gasteiger partial charge in [0, 0.05) is 6.04 Å². The van der Waals surface area contributed by atoms with Crippen molar-refractivity contribution in [2.45, 2.75) is 58.9 Å². The second-order valence-electron chi connectivity index (χ2n) is 8.76. The van der Waals surface area contributed by atoms with Crippen LogP contribution in [0.1, 0.15) is 52.0 Å². The van der Waals surface area contributed by atoms with Gasteiger partial charge in [-0.15, -0.1) is 12.4 Å². The number of nitrogens with two attached hydrogens (primary N) is 1. The molecule has 0 atom stereocenters. The zero-order valence-corrected chi connectivity index (χ0v) is 21.2. The van der Waals surface area contributed by atoms with E-state index in [1.165, 1.54) is 0 Å². The van der Waals surface area contributed by atoms with Crippen molar-refractivity contribution in [2.75, 3.05) is 26.8 Å².